The molecule has 0 nitrogen and oxygen atoms in total. The maximum absolute atomic E-state index is 2.38. The van der Waals surface area contributed by atoms with Crippen LogP contribution in [-0.2, 0) is 6.42 Å². The van der Waals surface area contributed by atoms with E-state index in [9.17, 15) is 0 Å². The monoisotopic (exact) mass is 306 g/mol. The maximum atomic E-state index is 2.38. The summed E-state index contributed by atoms with van der Waals surface area (Å²) in [5, 5.41) is 0. The summed E-state index contributed by atoms with van der Waals surface area (Å²) in [5.41, 5.74) is 4.48. The highest BCUT2D eigenvalue weighted by Gasteiger charge is 2.14. The Bertz CT molecular complexity index is 552. The average molecular weight is 306 g/mol. The van der Waals surface area contributed by atoms with E-state index in [1.54, 1.807) is 0 Å². The van der Waals surface area contributed by atoms with Crippen molar-refractivity contribution < 1.29 is 0 Å². The molecule has 122 valence electrons. The Morgan fingerprint density at radius 2 is 1.09 bits per heavy atom. The molecular weight excluding hydrogens is 276 g/mol. The average Bonchev–Trinajstić information content (AvgIpc) is 2.62. The Kier molecular flexibility index (Phi) is 6.32. The molecule has 2 aromatic carbocycles. The molecule has 0 aliphatic heterocycles. The van der Waals surface area contributed by atoms with E-state index in [-0.39, 0.29) is 0 Å². The fraction of sp³-hybridized carbons (Fsp3) is 0.478. The molecular formula is C23H30. The molecule has 23 heavy (non-hydrogen) atoms. The van der Waals surface area contributed by atoms with Crippen LogP contribution in [0.2, 0.25) is 0 Å². The minimum Gasteiger partial charge on any atom is -0.0622 e. The molecule has 0 spiro atoms. The molecule has 0 heterocycles. The van der Waals surface area contributed by atoms with Gasteiger partial charge in [0.05, 0.1) is 0 Å². The molecule has 0 aromatic heterocycles. The lowest BCUT2D eigenvalue weighted by atomic mass is 9.86. The van der Waals surface area contributed by atoms with Crippen LogP contribution in [0.15, 0.2) is 54.6 Å². The third-order valence-electron chi connectivity index (χ3n) is 5.29. The first-order valence-electron chi connectivity index (χ1n) is 9.57. The fourth-order valence-corrected chi connectivity index (χ4v) is 3.87. The molecule has 4 rings (SSSR count). The van der Waals surface area contributed by atoms with Gasteiger partial charge in [0.15, 0.2) is 0 Å². The van der Waals surface area contributed by atoms with Crippen LogP contribution in [0.5, 0.6) is 0 Å². The first-order valence-corrected chi connectivity index (χ1v) is 9.57. The molecule has 0 saturated heterocycles. The predicted octanol–water partition coefficient (Wildman–Crippen LogP) is 6.89. The molecule has 2 aromatic rings. The van der Waals surface area contributed by atoms with Crippen LogP contribution in [-0.4, -0.2) is 0 Å². The zero-order valence-electron chi connectivity index (χ0n) is 14.3. The summed E-state index contributed by atoms with van der Waals surface area (Å²) >= 11 is 0. The van der Waals surface area contributed by atoms with Gasteiger partial charge in [0, 0.05) is 5.92 Å². The predicted molar refractivity (Wildman–Crippen MR) is 100.0 cm³/mol. The zero-order chi connectivity index (χ0) is 15.7. The summed E-state index contributed by atoms with van der Waals surface area (Å²) < 4.78 is 0. The van der Waals surface area contributed by atoms with Gasteiger partial charge < -0.3 is 0 Å². The molecule has 2 bridgehead atoms. The van der Waals surface area contributed by atoms with Crippen molar-refractivity contribution in [1.82, 2.24) is 0 Å². The molecule has 0 heteroatoms. The van der Waals surface area contributed by atoms with E-state index in [4.69, 9.17) is 0 Å². The number of benzene rings is 2. The van der Waals surface area contributed by atoms with E-state index in [0.717, 1.165) is 0 Å². The molecule has 0 N–H and O–H groups in total. The lowest BCUT2D eigenvalue weighted by molar-refractivity contribution is 0.548. The second kappa shape index (κ2) is 8.91. The van der Waals surface area contributed by atoms with Gasteiger partial charge in [-0.1, -0.05) is 99.5 Å². The lowest BCUT2D eigenvalue weighted by Gasteiger charge is -2.18. The highest BCUT2D eigenvalue weighted by atomic mass is 14.2. The van der Waals surface area contributed by atoms with Crippen LogP contribution in [0.3, 0.4) is 0 Å². The minimum absolute atomic E-state index is 0.565. The second-order valence-electron chi connectivity index (χ2n) is 7.07. The van der Waals surface area contributed by atoms with Crippen LogP contribution in [0.25, 0.3) is 0 Å². The van der Waals surface area contributed by atoms with Gasteiger partial charge in [-0.2, -0.15) is 0 Å². The highest BCUT2D eigenvalue weighted by Crippen LogP contribution is 2.30. The van der Waals surface area contributed by atoms with Gasteiger partial charge in [-0.15, -0.1) is 0 Å². The van der Waals surface area contributed by atoms with Gasteiger partial charge in [0.1, 0.15) is 0 Å². The molecule has 2 aliphatic carbocycles. The van der Waals surface area contributed by atoms with Gasteiger partial charge in [0.2, 0.25) is 0 Å². The summed E-state index contributed by atoms with van der Waals surface area (Å²) in [6.45, 7) is 0. The number of rotatable bonds is 1. The maximum Gasteiger partial charge on any atom is 0.00893 e. The molecule has 0 fully saturated rings. The Hall–Kier alpha value is -1.56. The third kappa shape index (κ3) is 4.96. The fourth-order valence-electron chi connectivity index (χ4n) is 3.87. The van der Waals surface area contributed by atoms with E-state index in [1.807, 2.05) is 0 Å². The van der Waals surface area contributed by atoms with Gasteiger partial charge in [0.25, 0.3) is 0 Å². The first-order chi connectivity index (χ1) is 11.4. The lowest BCUT2D eigenvalue weighted by Crippen LogP contribution is -2.02. The topological polar surface area (TPSA) is 0 Å². The van der Waals surface area contributed by atoms with Crippen molar-refractivity contribution in [2.24, 2.45) is 0 Å². The smallest absolute Gasteiger partial charge is 0.00893 e. The summed E-state index contributed by atoms with van der Waals surface area (Å²) in [7, 11) is 0. The van der Waals surface area contributed by atoms with Crippen molar-refractivity contribution in [1.29, 1.82) is 0 Å². The van der Waals surface area contributed by atoms with E-state index < -0.39 is 0 Å². The molecule has 1 atom stereocenters. The minimum atomic E-state index is 0.565. The third-order valence-corrected chi connectivity index (χ3v) is 5.29. The number of hydrogen-bond donors (Lipinski definition) is 0. The Balaban J connectivity index is 1.79. The highest BCUT2D eigenvalue weighted by molar-refractivity contribution is 5.34. The Morgan fingerprint density at radius 1 is 0.522 bits per heavy atom. The van der Waals surface area contributed by atoms with Crippen molar-refractivity contribution in [3.63, 3.8) is 0 Å². The summed E-state index contributed by atoms with van der Waals surface area (Å²) in [5.74, 6) is 0.565. The largest absolute Gasteiger partial charge is 0.0622 e. The van der Waals surface area contributed by atoms with Crippen molar-refractivity contribution in [2.75, 3.05) is 0 Å². The second-order valence-corrected chi connectivity index (χ2v) is 7.07. The SMILES string of the molecule is c1ccc(C2CCCCCCCCCCc3ccc2cc3)cc1. The quantitative estimate of drug-likeness (QED) is 0.538. The molecule has 1 unspecified atom stereocenters. The van der Waals surface area contributed by atoms with Crippen molar-refractivity contribution in [3.05, 3.63) is 71.3 Å². The number of aryl methyl sites for hydroxylation is 1. The van der Waals surface area contributed by atoms with Crippen LogP contribution in [0.4, 0.5) is 0 Å². The molecule has 0 radical (unpaired) electrons. The van der Waals surface area contributed by atoms with E-state index in [1.165, 1.54) is 80.9 Å². The summed E-state index contributed by atoms with van der Waals surface area (Å²) in [4.78, 5) is 0. The van der Waals surface area contributed by atoms with Crippen LogP contribution >= 0.6 is 0 Å². The number of fused-ring (bicyclic) bond motifs is 12. The first kappa shape index (κ1) is 16.3. The standard InChI is InChI=1S/C23H30/c1-2-4-6-11-15-23(21-13-9-7-10-14-21)22-18-16-20(17-19-22)12-8-5-3-1/h7,9-10,13-14,16-19,23H,1-6,8,11-12,15H2. The van der Waals surface area contributed by atoms with E-state index in [2.05, 4.69) is 54.6 Å². The van der Waals surface area contributed by atoms with Crippen molar-refractivity contribution in [3.8, 4) is 0 Å². The van der Waals surface area contributed by atoms with Crippen LogP contribution < -0.4 is 0 Å². The zero-order valence-corrected chi connectivity index (χ0v) is 14.3. The van der Waals surface area contributed by atoms with Crippen molar-refractivity contribution in [2.45, 2.75) is 70.1 Å². The van der Waals surface area contributed by atoms with Gasteiger partial charge in [-0.25, -0.2) is 0 Å². The molecule has 2 aliphatic rings. The summed E-state index contributed by atoms with van der Waals surface area (Å²) in [6, 6.07) is 20.6. The van der Waals surface area contributed by atoms with E-state index >= 15 is 0 Å². The molecule has 0 saturated carbocycles. The van der Waals surface area contributed by atoms with E-state index in [0.29, 0.717) is 5.92 Å². The Labute approximate surface area is 141 Å². The number of hydrogen-bond acceptors (Lipinski definition) is 0. The summed E-state index contributed by atoms with van der Waals surface area (Å²) in [6.07, 6.45) is 13.7. The van der Waals surface area contributed by atoms with Gasteiger partial charge in [-0.05, 0) is 36.0 Å². The van der Waals surface area contributed by atoms with Crippen LogP contribution in [0.1, 0.15) is 80.4 Å². The van der Waals surface area contributed by atoms with Gasteiger partial charge >= 0.3 is 0 Å². The Morgan fingerprint density at radius 3 is 1.78 bits per heavy atom. The molecule has 0 amide bonds. The normalized spacial score (nSPS) is 20.6. The van der Waals surface area contributed by atoms with Crippen molar-refractivity contribution >= 4 is 0 Å². The van der Waals surface area contributed by atoms with Gasteiger partial charge in [-0.3, -0.25) is 0 Å². The van der Waals surface area contributed by atoms with Crippen LogP contribution in [0, 0.1) is 0 Å².